The molecule has 1 aromatic rings. The van der Waals surface area contributed by atoms with Crippen LogP contribution in [0.4, 0.5) is 0 Å². The molecule has 0 saturated carbocycles. The third-order valence-electron chi connectivity index (χ3n) is 2.58. The van der Waals surface area contributed by atoms with Crippen LogP contribution in [-0.2, 0) is 6.42 Å². The summed E-state index contributed by atoms with van der Waals surface area (Å²) in [4.78, 5) is 0. The van der Waals surface area contributed by atoms with Gasteiger partial charge >= 0.3 is 0 Å². The van der Waals surface area contributed by atoms with Crippen LogP contribution >= 0.6 is 15.9 Å². The van der Waals surface area contributed by atoms with Crippen LogP contribution in [0.25, 0.3) is 0 Å². The first-order valence-electron chi connectivity index (χ1n) is 5.22. The highest BCUT2D eigenvalue weighted by molar-refractivity contribution is 9.10. The molecule has 0 nitrogen and oxygen atoms in total. The minimum atomic E-state index is 0.424. The maximum atomic E-state index is 3.61. The van der Waals surface area contributed by atoms with Gasteiger partial charge in [0.2, 0.25) is 0 Å². The molecule has 1 unspecified atom stereocenters. The summed E-state index contributed by atoms with van der Waals surface area (Å²) in [5.41, 5.74) is 4.04. The Morgan fingerprint density at radius 1 is 1.27 bits per heavy atom. The zero-order valence-corrected chi connectivity index (χ0v) is 11.4. The second kappa shape index (κ2) is 5.37. The van der Waals surface area contributed by atoms with Crippen molar-refractivity contribution in [1.29, 1.82) is 0 Å². The summed E-state index contributed by atoms with van der Waals surface area (Å²) in [5, 5.41) is 0. The topological polar surface area (TPSA) is 0 Å². The van der Waals surface area contributed by atoms with E-state index < -0.39 is 0 Å². The molecule has 1 heteroatoms. The van der Waals surface area contributed by atoms with Crippen LogP contribution in [0.15, 0.2) is 16.6 Å². The Morgan fingerprint density at radius 2 is 1.87 bits per heavy atom. The lowest BCUT2D eigenvalue weighted by Crippen LogP contribution is -1.98. The van der Waals surface area contributed by atoms with Crippen molar-refractivity contribution in [1.82, 2.24) is 0 Å². The highest BCUT2D eigenvalue weighted by Crippen LogP contribution is 2.23. The molecule has 0 radical (unpaired) electrons. The summed E-state index contributed by atoms with van der Waals surface area (Å²) >= 11 is 3.61. The van der Waals surface area contributed by atoms with E-state index in [9.17, 15) is 0 Å². The molecule has 80 valence electrons. The predicted octanol–water partition coefficient (Wildman–Crippen LogP) is 4.27. The average Bonchev–Trinajstić information content (AvgIpc) is 2.14. The van der Waals surface area contributed by atoms with Crippen LogP contribution in [0, 0.1) is 31.6 Å². The third-order valence-corrected chi connectivity index (χ3v) is 3.32. The monoisotopic (exact) mass is 264 g/mol. The number of rotatable bonds is 2. The summed E-state index contributed by atoms with van der Waals surface area (Å²) in [6, 6.07) is 4.45. The fourth-order valence-corrected chi connectivity index (χ4v) is 2.24. The van der Waals surface area contributed by atoms with E-state index in [1.165, 1.54) is 21.2 Å². The van der Waals surface area contributed by atoms with E-state index in [0.717, 1.165) is 6.42 Å². The van der Waals surface area contributed by atoms with Crippen molar-refractivity contribution in [2.75, 3.05) is 0 Å². The van der Waals surface area contributed by atoms with Crippen molar-refractivity contribution < 1.29 is 0 Å². The van der Waals surface area contributed by atoms with E-state index in [0.29, 0.717) is 5.92 Å². The van der Waals surface area contributed by atoms with Crippen LogP contribution in [-0.4, -0.2) is 0 Å². The minimum absolute atomic E-state index is 0.424. The Hall–Kier alpha value is -0.740. The molecule has 0 fully saturated rings. The molecular weight excluding hydrogens is 248 g/mol. The highest BCUT2D eigenvalue weighted by atomic mass is 79.9. The quantitative estimate of drug-likeness (QED) is 0.700. The molecule has 0 bridgehead atoms. The van der Waals surface area contributed by atoms with E-state index in [2.05, 4.69) is 60.7 Å². The van der Waals surface area contributed by atoms with Crippen LogP contribution in [0.3, 0.4) is 0 Å². The van der Waals surface area contributed by atoms with Gasteiger partial charge in [-0.2, -0.15) is 0 Å². The van der Waals surface area contributed by atoms with Gasteiger partial charge in [-0.25, -0.2) is 0 Å². The molecule has 0 amide bonds. The summed E-state index contributed by atoms with van der Waals surface area (Å²) < 4.78 is 1.20. The predicted molar refractivity (Wildman–Crippen MR) is 69.9 cm³/mol. The molecule has 1 rings (SSSR count). The van der Waals surface area contributed by atoms with E-state index >= 15 is 0 Å². The molecule has 0 heterocycles. The maximum absolute atomic E-state index is 3.61. The third kappa shape index (κ3) is 3.39. The zero-order valence-electron chi connectivity index (χ0n) is 9.82. The Bertz CT molecular complexity index is 407. The zero-order chi connectivity index (χ0) is 11.4. The number of aryl methyl sites for hydroxylation is 2. The second-order valence-electron chi connectivity index (χ2n) is 4.03. The fraction of sp³-hybridized carbons (Fsp3) is 0.429. The standard InChI is InChI=1S/C14H17Br/c1-5-6-10(2)7-13-8-11(3)12(4)9-14(13)15/h8-10H,7H2,1-4H3. The van der Waals surface area contributed by atoms with Crippen molar-refractivity contribution >= 4 is 15.9 Å². The van der Waals surface area contributed by atoms with Gasteiger partial charge in [0.25, 0.3) is 0 Å². The molecule has 0 N–H and O–H groups in total. The molecule has 0 aliphatic rings. The van der Waals surface area contributed by atoms with Crippen molar-refractivity contribution in [3.8, 4) is 11.8 Å². The van der Waals surface area contributed by atoms with Gasteiger partial charge < -0.3 is 0 Å². The molecule has 1 aromatic carbocycles. The summed E-state index contributed by atoms with van der Waals surface area (Å²) in [7, 11) is 0. The van der Waals surface area contributed by atoms with Crippen LogP contribution < -0.4 is 0 Å². The average molecular weight is 265 g/mol. The maximum Gasteiger partial charge on any atom is 0.0215 e. The Morgan fingerprint density at radius 3 is 2.47 bits per heavy atom. The second-order valence-corrected chi connectivity index (χ2v) is 4.88. The molecule has 1 atom stereocenters. The number of halogens is 1. The van der Waals surface area contributed by atoms with Gasteiger partial charge in [0, 0.05) is 10.4 Å². The highest BCUT2D eigenvalue weighted by Gasteiger charge is 2.06. The first-order chi connectivity index (χ1) is 7.04. The first kappa shape index (κ1) is 12.3. The van der Waals surface area contributed by atoms with Crippen molar-refractivity contribution in [3.63, 3.8) is 0 Å². The summed E-state index contributed by atoms with van der Waals surface area (Å²) in [6.45, 7) is 8.35. The van der Waals surface area contributed by atoms with Crippen LogP contribution in [0.2, 0.25) is 0 Å². The molecule has 0 aliphatic heterocycles. The number of hydrogen-bond donors (Lipinski definition) is 0. The Labute approximate surface area is 101 Å². The van der Waals surface area contributed by atoms with E-state index in [-0.39, 0.29) is 0 Å². The molecule has 0 saturated heterocycles. The molecular formula is C14H17Br. The van der Waals surface area contributed by atoms with Crippen LogP contribution in [0.5, 0.6) is 0 Å². The van der Waals surface area contributed by atoms with Gasteiger partial charge in [0.1, 0.15) is 0 Å². The van der Waals surface area contributed by atoms with Gasteiger partial charge in [0.05, 0.1) is 0 Å². The van der Waals surface area contributed by atoms with Gasteiger partial charge in [-0.1, -0.05) is 28.9 Å². The number of benzene rings is 1. The van der Waals surface area contributed by atoms with Crippen LogP contribution in [0.1, 0.15) is 30.5 Å². The molecule has 0 spiro atoms. The Kier molecular flexibility index (Phi) is 4.42. The molecule has 0 aromatic heterocycles. The largest absolute Gasteiger partial charge is 0.106 e. The van der Waals surface area contributed by atoms with E-state index in [1.54, 1.807) is 0 Å². The lowest BCUT2D eigenvalue weighted by atomic mass is 9.98. The smallest absolute Gasteiger partial charge is 0.0215 e. The SMILES string of the molecule is CC#CC(C)Cc1cc(C)c(C)cc1Br. The lowest BCUT2D eigenvalue weighted by molar-refractivity contribution is 0.746. The van der Waals surface area contributed by atoms with E-state index in [1.807, 2.05) is 6.92 Å². The Balaban J connectivity index is 2.93. The minimum Gasteiger partial charge on any atom is -0.106 e. The van der Waals surface area contributed by atoms with Gasteiger partial charge in [-0.05, 0) is 49.9 Å². The van der Waals surface area contributed by atoms with Gasteiger partial charge in [-0.15, -0.1) is 11.8 Å². The normalized spacial score (nSPS) is 11.8. The van der Waals surface area contributed by atoms with Gasteiger partial charge in [0.15, 0.2) is 0 Å². The summed E-state index contributed by atoms with van der Waals surface area (Å²) in [6.07, 6.45) is 1.02. The van der Waals surface area contributed by atoms with Crippen molar-refractivity contribution in [2.24, 2.45) is 5.92 Å². The molecule has 0 aliphatic carbocycles. The fourth-order valence-electron chi connectivity index (χ4n) is 1.62. The van der Waals surface area contributed by atoms with E-state index in [4.69, 9.17) is 0 Å². The number of hydrogen-bond acceptors (Lipinski definition) is 0. The van der Waals surface area contributed by atoms with Crippen molar-refractivity contribution in [3.05, 3.63) is 33.3 Å². The van der Waals surface area contributed by atoms with Gasteiger partial charge in [-0.3, -0.25) is 0 Å². The van der Waals surface area contributed by atoms with Crippen molar-refractivity contribution in [2.45, 2.75) is 34.1 Å². The lowest BCUT2D eigenvalue weighted by Gasteiger charge is -2.10. The first-order valence-corrected chi connectivity index (χ1v) is 6.01. The summed E-state index contributed by atoms with van der Waals surface area (Å²) in [5.74, 6) is 6.58. The molecule has 15 heavy (non-hydrogen) atoms.